The van der Waals surface area contributed by atoms with Gasteiger partial charge in [-0.2, -0.15) is 13.2 Å². The van der Waals surface area contributed by atoms with E-state index in [9.17, 15) is 22.8 Å². The first-order chi connectivity index (χ1) is 11.7. The van der Waals surface area contributed by atoms with Gasteiger partial charge in [0.25, 0.3) is 5.56 Å². The van der Waals surface area contributed by atoms with Crippen LogP contribution in [0.2, 0.25) is 0 Å². The quantitative estimate of drug-likeness (QED) is 0.642. The number of H-pyrrole nitrogens is 1. The molecule has 2 N–H and O–H groups in total. The molecule has 2 aromatic rings. The van der Waals surface area contributed by atoms with Crippen LogP contribution in [-0.4, -0.2) is 16.9 Å². The van der Waals surface area contributed by atoms with E-state index in [2.05, 4.69) is 10.3 Å². The number of ketones is 1. The molecule has 132 valence electrons. The van der Waals surface area contributed by atoms with Crippen LogP contribution in [0.15, 0.2) is 53.0 Å². The van der Waals surface area contributed by atoms with Crippen molar-refractivity contribution in [2.75, 3.05) is 0 Å². The van der Waals surface area contributed by atoms with E-state index in [0.29, 0.717) is 22.9 Å². The summed E-state index contributed by atoms with van der Waals surface area (Å²) in [5, 5.41) is 2.23. The Balaban J connectivity index is 2.32. The number of halogens is 3. The minimum Gasteiger partial charge on any atom is -0.377 e. The number of carbonyl (C=O) groups is 1. The second-order valence-electron chi connectivity index (χ2n) is 5.60. The number of carbonyl (C=O) groups excluding carboxylic acids is 1. The second kappa shape index (κ2) is 7.38. The molecule has 0 aliphatic carbocycles. The lowest BCUT2D eigenvalue weighted by molar-refractivity contribution is -0.0970. The number of aromatic amines is 1. The van der Waals surface area contributed by atoms with Gasteiger partial charge in [-0.15, -0.1) is 0 Å². The minimum absolute atomic E-state index is 0.0945. The smallest absolute Gasteiger partial charge is 0.377 e. The lowest BCUT2D eigenvalue weighted by Gasteiger charge is -2.14. The van der Waals surface area contributed by atoms with E-state index in [1.165, 1.54) is 13.0 Å². The van der Waals surface area contributed by atoms with Crippen molar-refractivity contribution in [3.8, 4) is 0 Å². The summed E-state index contributed by atoms with van der Waals surface area (Å²) in [5.41, 5.74) is -0.708. The van der Waals surface area contributed by atoms with Crippen molar-refractivity contribution in [2.45, 2.75) is 26.6 Å². The Morgan fingerprint density at radius 1 is 1.20 bits per heavy atom. The number of hydrogen-bond donors (Lipinski definition) is 2. The number of aryl methyl sites for hydroxylation is 2. The van der Waals surface area contributed by atoms with Gasteiger partial charge >= 0.3 is 6.18 Å². The van der Waals surface area contributed by atoms with Gasteiger partial charge in [0.05, 0.1) is 5.56 Å². The van der Waals surface area contributed by atoms with Crippen LogP contribution in [0, 0.1) is 13.8 Å². The molecular weight excluding hydrogens is 333 g/mol. The summed E-state index contributed by atoms with van der Waals surface area (Å²) < 4.78 is 39.6. The van der Waals surface area contributed by atoms with Crippen LogP contribution in [0.4, 0.5) is 13.2 Å². The minimum atomic E-state index is -4.74. The molecule has 2 rings (SSSR count). The Hall–Kier alpha value is -2.83. The van der Waals surface area contributed by atoms with Crippen molar-refractivity contribution < 1.29 is 18.0 Å². The molecule has 4 nitrogen and oxygen atoms in total. The van der Waals surface area contributed by atoms with E-state index in [0.717, 1.165) is 0 Å². The van der Waals surface area contributed by atoms with Gasteiger partial charge in [-0.25, -0.2) is 0 Å². The highest BCUT2D eigenvalue weighted by molar-refractivity contribution is 6.05. The number of pyridine rings is 1. The number of nitrogens with one attached hydrogen (secondary N) is 2. The molecule has 0 saturated heterocycles. The molecule has 0 bridgehead atoms. The zero-order valence-electron chi connectivity index (χ0n) is 13.7. The maximum atomic E-state index is 13.2. The number of benzene rings is 1. The summed E-state index contributed by atoms with van der Waals surface area (Å²) >= 11 is 0. The van der Waals surface area contributed by atoms with Gasteiger partial charge in [-0.3, -0.25) is 9.59 Å². The summed E-state index contributed by atoms with van der Waals surface area (Å²) in [6.45, 7) is 3.04. The average molecular weight is 350 g/mol. The van der Waals surface area contributed by atoms with E-state index in [1.807, 2.05) is 0 Å². The summed E-state index contributed by atoms with van der Waals surface area (Å²) in [7, 11) is 0. The average Bonchev–Trinajstić information content (AvgIpc) is 2.50. The fraction of sp³-hybridized carbons (Fsp3) is 0.222. The first-order valence-corrected chi connectivity index (χ1v) is 7.50. The van der Waals surface area contributed by atoms with Crippen LogP contribution in [0.1, 0.15) is 27.2 Å². The molecule has 0 aliphatic rings. The third-order valence-electron chi connectivity index (χ3n) is 3.52. The van der Waals surface area contributed by atoms with Gasteiger partial charge in [-0.1, -0.05) is 30.3 Å². The maximum absolute atomic E-state index is 13.2. The highest BCUT2D eigenvalue weighted by Gasteiger charge is 2.34. The molecule has 7 heteroatoms. The largest absolute Gasteiger partial charge is 0.431 e. The molecule has 0 amide bonds. The Labute approximate surface area is 142 Å². The fourth-order valence-electron chi connectivity index (χ4n) is 2.39. The van der Waals surface area contributed by atoms with Crippen LogP contribution < -0.4 is 10.9 Å². The Bertz CT molecular complexity index is 853. The number of alkyl halides is 3. The standard InChI is InChI=1S/C18H17F3N2O2/c1-11-8-12(2)23-17(25)16(11)14(24)9-15(18(19,20)21)22-10-13-6-4-3-5-7-13/h3-9,22H,10H2,1-2H3,(H,23,25). The monoisotopic (exact) mass is 350 g/mol. The Kier molecular flexibility index (Phi) is 5.46. The van der Waals surface area contributed by atoms with E-state index in [-0.39, 0.29) is 12.1 Å². The summed E-state index contributed by atoms with van der Waals surface area (Å²) in [4.78, 5) is 26.6. The van der Waals surface area contributed by atoms with Crippen molar-refractivity contribution >= 4 is 5.78 Å². The number of hydrogen-bond acceptors (Lipinski definition) is 3. The zero-order chi connectivity index (χ0) is 18.6. The van der Waals surface area contributed by atoms with E-state index < -0.39 is 23.2 Å². The molecule has 1 aromatic heterocycles. The number of rotatable bonds is 5. The summed E-state index contributed by atoms with van der Waals surface area (Å²) in [6, 6.07) is 10.0. The molecule has 0 radical (unpaired) electrons. The van der Waals surface area contributed by atoms with Crippen molar-refractivity contribution in [1.29, 1.82) is 0 Å². The van der Waals surface area contributed by atoms with Crippen LogP contribution in [0.5, 0.6) is 0 Å². The van der Waals surface area contributed by atoms with Crippen LogP contribution >= 0.6 is 0 Å². The molecule has 0 spiro atoms. The third kappa shape index (κ3) is 4.82. The second-order valence-corrected chi connectivity index (χ2v) is 5.60. The molecular formula is C18H17F3N2O2. The van der Waals surface area contributed by atoms with Gasteiger partial charge in [0.1, 0.15) is 5.70 Å². The molecule has 0 fully saturated rings. The van der Waals surface area contributed by atoms with Crippen molar-refractivity contribution in [3.63, 3.8) is 0 Å². The van der Waals surface area contributed by atoms with Crippen LogP contribution in [0.3, 0.4) is 0 Å². The number of aromatic nitrogens is 1. The fourth-order valence-corrected chi connectivity index (χ4v) is 2.39. The van der Waals surface area contributed by atoms with Gasteiger partial charge < -0.3 is 10.3 Å². The Morgan fingerprint density at radius 2 is 1.84 bits per heavy atom. The van der Waals surface area contributed by atoms with Crippen molar-refractivity contribution in [1.82, 2.24) is 10.3 Å². The van der Waals surface area contributed by atoms with Crippen molar-refractivity contribution in [2.24, 2.45) is 0 Å². The summed E-state index contributed by atoms with van der Waals surface area (Å²) in [6.07, 6.45) is -4.31. The normalized spacial score (nSPS) is 12.1. The van der Waals surface area contributed by atoms with Crippen molar-refractivity contribution in [3.05, 3.63) is 80.9 Å². The molecule has 0 saturated carbocycles. The molecule has 0 unspecified atom stereocenters. The third-order valence-corrected chi connectivity index (χ3v) is 3.52. The lowest BCUT2D eigenvalue weighted by Crippen LogP contribution is -2.28. The first-order valence-electron chi connectivity index (χ1n) is 7.50. The van der Waals surface area contributed by atoms with Crippen LogP contribution in [-0.2, 0) is 6.54 Å². The molecule has 1 heterocycles. The Morgan fingerprint density at radius 3 is 2.40 bits per heavy atom. The maximum Gasteiger partial charge on any atom is 0.431 e. The van der Waals surface area contributed by atoms with Gasteiger partial charge in [0.2, 0.25) is 0 Å². The van der Waals surface area contributed by atoms with E-state index in [4.69, 9.17) is 0 Å². The topological polar surface area (TPSA) is 62.0 Å². The van der Waals surface area contributed by atoms with Gasteiger partial charge in [0.15, 0.2) is 5.78 Å². The predicted octanol–water partition coefficient (Wildman–Crippen LogP) is 3.41. The predicted molar refractivity (Wildman–Crippen MR) is 88.3 cm³/mol. The zero-order valence-corrected chi connectivity index (χ0v) is 13.7. The highest BCUT2D eigenvalue weighted by atomic mass is 19.4. The van der Waals surface area contributed by atoms with Gasteiger partial charge in [-0.05, 0) is 31.0 Å². The van der Waals surface area contributed by atoms with E-state index in [1.54, 1.807) is 37.3 Å². The number of allylic oxidation sites excluding steroid dienone is 2. The lowest BCUT2D eigenvalue weighted by atomic mass is 10.1. The van der Waals surface area contributed by atoms with Gasteiger partial charge in [0, 0.05) is 18.3 Å². The highest BCUT2D eigenvalue weighted by Crippen LogP contribution is 2.24. The molecule has 0 aliphatic heterocycles. The van der Waals surface area contributed by atoms with Crippen LogP contribution in [0.25, 0.3) is 0 Å². The first kappa shape index (κ1) is 18.5. The molecule has 25 heavy (non-hydrogen) atoms. The van der Waals surface area contributed by atoms with E-state index >= 15 is 0 Å². The SMILES string of the molecule is Cc1cc(C)c(C(=O)C=C(NCc2ccccc2)C(F)(F)F)c(=O)[nH]1. The summed E-state index contributed by atoms with van der Waals surface area (Å²) in [5.74, 6) is -0.994. The molecule has 0 atom stereocenters. The molecule has 1 aromatic carbocycles.